The average Bonchev–Trinajstić information content (AvgIpc) is 3.83. The summed E-state index contributed by atoms with van der Waals surface area (Å²) in [7, 11) is 0. The monoisotopic (exact) mass is 644 g/mol. The molecule has 0 aliphatic heterocycles. The third-order valence-corrected chi connectivity index (χ3v) is 10.3. The first-order chi connectivity index (χ1) is 24.5. The Morgan fingerprint density at radius 2 is 1.18 bits per heavy atom. The Morgan fingerprint density at radius 1 is 0.500 bits per heavy atom. The third kappa shape index (κ3) is 4.28. The molecule has 0 atom stereocenters. The predicted molar refractivity (Wildman–Crippen MR) is 204 cm³/mol. The molecule has 1 aliphatic rings. The minimum Gasteiger partial charge on any atom is -0.456 e. The summed E-state index contributed by atoms with van der Waals surface area (Å²) in [4.78, 5) is 7.19. The number of hydrogen-bond donors (Lipinski definition) is 0. The van der Waals surface area contributed by atoms with E-state index in [4.69, 9.17) is 13.8 Å². The Balaban J connectivity index is 1.19. The molecule has 0 N–H and O–H groups in total. The van der Waals surface area contributed by atoms with Gasteiger partial charge in [-0.15, -0.1) is 0 Å². The minimum atomic E-state index is -0.0726. The quantitative estimate of drug-likeness (QED) is 0.187. The molecule has 7 aromatic carbocycles. The third-order valence-electron chi connectivity index (χ3n) is 10.3. The maximum absolute atomic E-state index is 6.62. The van der Waals surface area contributed by atoms with Crippen molar-refractivity contribution < 1.29 is 8.83 Å². The lowest BCUT2D eigenvalue weighted by molar-refractivity contribution is 0.620. The summed E-state index contributed by atoms with van der Waals surface area (Å²) in [5, 5.41) is 2.01. The van der Waals surface area contributed by atoms with Crippen molar-refractivity contribution in [2.24, 2.45) is 0 Å². The van der Waals surface area contributed by atoms with E-state index in [0.717, 1.165) is 66.8 Å². The van der Waals surface area contributed by atoms with Gasteiger partial charge in [-0.1, -0.05) is 111 Å². The van der Waals surface area contributed by atoms with Crippen LogP contribution in [0.1, 0.15) is 25.0 Å². The van der Waals surface area contributed by atoms with Gasteiger partial charge in [-0.3, -0.25) is 0 Å². The van der Waals surface area contributed by atoms with Crippen LogP contribution >= 0.6 is 0 Å². The molecule has 2 aromatic heterocycles. The summed E-state index contributed by atoms with van der Waals surface area (Å²) in [6.07, 6.45) is 0. The van der Waals surface area contributed by atoms with Crippen LogP contribution in [0.2, 0.25) is 0 Å². The van der Waals surface area contributed by atoms with Gasteiger partial charge in [0.2, 0.25) is 5.89 Å². The van der Waals surface area contributed by atoms with Gasteiger partial charge in [-0.25, -0.2) is 4.98 Å². The number of para-hydroxylation sites is 3. The molecule has 0 saturated heterocycles. The molecule has 2 heterocycles. The molecular formula is C46H32N2O2. The molecule has 0 fully saturated rings. The van der Waals surface area contributed by atoms with Crippen LogP contribution in [0.25, 0.3) is 66.7 Å². The zero-order chi connectivity index (χ0) is 33.4. The molecule has 9 aromatic rings. The Bertz CT molecular complexity index is 2720. The van der Waals surface area contributed by atoms with Crippen LogP contribution in [0.4, 0.5) is 17.1 Å². The van der Waals surface area contributed by atoms with Crippen LogP contribution in [0.15, 0.2) is 167 Å². The van der Waals surface area contributed by atoms with E-state index >= 15 is 0 Å². The van der Waals surface area contributed by atoms with Crippen molar-refractivity contribution in [3.63, 3.8) is 0 Å². The summed E-state index contributed by atoms with van der Waals surface area (Å²) in [5.74, 6) is 0.586. The van der Waals surface area contributed by atoms with Gasteiger partial charge in [0.15, 0.2) is 5.58 Å². The van der Waals surface area contributed by atoms with E-state index in [-0.39, 0.29) is 5.41 Å². The van der Waals surface area contributed by atoms with Crippen LogP contribution in [0.3, 0.4) is 0 Å². The second-order valence-electron chi connectivity index (χ2n) is 13.6. The van der Waals surface area contributed by atoms with Crippen LogP contribution in [0, 0.1) is 0 Å². The van der Waals surface area contributed by atoms with E-state index in [1.54, 1.807) is 0 Å². The van der Waals surface area contributed by atoms with Crippen LogP contribution in [-0.4, -0.2) is 4.98 Å². The smallest absolute Gasteiger partial charge is 0.228 e. The van der Waals surface area contributed by atoms with E-state index in [2.05, 4.69) is 140 Å². The molecule has 0 amide bonds. The first-order valence-electron chi connectivity index (χ1n) is 17.0. The van der Waals surface area contributed by atoms with Crippen LogP contribution in [0.5, 0.6) is 0 Å². The minimum absolute atomic E-state index is 0.0726. The molecule has 0 bridgehead atoms. The van der Waals surface area contributed by atoms with Crippen molar-refractivity contribution in [2.45, 2.75) is 19.3 Å². The van der Waals surface area contributed by atoms with Crippen molar-refractivity contribution in [3.05, 3.63) is 169 Å². The van der Waals surface area contributed by atoms with Crippen molar-refractivity contribution in [1.82, 2.24) is 4.98 Å². The number of hydrogen-bond acceptors (Lipinski definition) is 4. The molecule has 0 spiro atoms. The summed E-state index contributed by atoms with van der Waals surface area (Å²) < 4.78 is 12.8. The molecule has 4 nitrogen and oxygen atoms in total. The highest BCUT2D eigenvalue weighted by Gasteiger charge is 2.35. The van der Waals surface area contributed by atoms with Gasteiger partial charge in [0.05, 0.1) is 5.69 Å². The summed E-state index contributed by atoms with van der Waals surface area (Å²) in [6, 6.07) is 55.5. The standard InChI is InChI=1S/C46H32N2O2/c1-46(2)37-18-8-6-16-33(37)36-27-30(24-26-38(36)46)48(40-20-10-7-15-32(40)29-13-4-3-5-14-29)31-23-25-34-43(28-31)49-42-22-12-17-35(44(34)42)45-47-39-19-9-11-21-41(39)50-45/h3-28H,1-2H3. The van der Waals surface area contributed by atoms with E-state index in [9.17, 15) is 0 Å². The lowest BCUT2D eigenvalue weighted by Gasteiger charge is -2.29. The molecule has 0 radical (unpaired) electrons. The van der Waals surface area contributed by atoms with Gasteiger partial charge in [0, 0.05) is 44.8 Å². The Morgan fingerprint density at radius 3 is 2.06 bits per heavy atom. The average molecular weight is 645 g/mol. The molecular weight excluding hydrogens is 613 g/mol. The number of benzene rings is 7. The Labute approximate surface area is 289 Å². The Hall–Kier alpha value is -6.39. The van der Waals surface area contributed by atoms with Crippen molar-refractivity contribution >= 4 is 50.1 Å². The van der Waals surface area contributed by atoms with Crippen LogP contribution < -0.4 is 4.90 Å². The molecule has 1 aliphatic carbocycles. The maximum atomic E-state index is 6.62. The highest BCUT2D eigenvalue weighted by atomic mass is 16.3. The number of oxazole rings is 1. The molecule has 0 saturated carbocycles. The first-order valence-corrected chi connectivity index (χ1v) is 17.0. The van der Waals surface area contributed by atoms with Gasteiger partial charge >= 0.3 is 0 Å². The second kappa shape index (κ2) is 10.8. The number of fused-ring (bicyclic) bond motifs is 7. The highest BCUT2D eigenvalue weighted by molar-refractivity contribution is 6.12. The zero-order valence-corrected chi connectivity index (χ0v) is 27.7. The first kappa shape index (κ1) is 28.6. The molecule has 0 unspecified atom stereocenters. The van der Waals surface area contributed by atoms with Gasteiger partial charge in [0.25, 0.3) is 0 Å². The van der Waals surface area contributed by atoms with Crippen molar-refractivity contribution in [3.8, 4) is 33.7 Å². The fourth-order valence-electron chi connectivity index (χ4n) is 7.92. The number of rotatable bonds is 5. The topological polar surface area (TPSA) is 42.4 Å². The van der Waals surface area contributed by atoms with Crippen molar-refractivity contribution in [2.75, 3.05) is 4.90 Å². The predicted octanol–water partition coefficient (Wildman–Crippen LogP) is 12.8. The normalized spacial score (nSPS) is 13.2. The summed E-state index contributed by atoms with van der Waals surface area (Å²) in [5.41, 5.74) is 14.8. The van der Waals surface area contributed by atoms with E-state index < -0.39 is 0 Å². The van der Waals surface area contributed by atoms with E-state index in [0.29, 0.717) is 5.89 Å². The van der Waals surface area contributed by atoms with E-state index in [1.165, 1.54) is 22.3 Å². The number of aromatic nitrogens is 1. The SMILES string of the molecule is CC1(C)c2ccccc2-c2cc(N(c3ccc4c(c3)oc3cccc(-c5nc6ccccc6o5)c34)c3ccccc3-c3ccccc3)ccc21. The fourth-order valence-corrected chi connectivity index (χ4v) is 7.92. The van der Waals surface area contributed by atoms with Gasteiger partial charge in [-0.2, -0.15) is 0 Å². The van der Waals surface area contributed by atoms with Gasteiger partial charge < -0.3 is 13.7 Å². The summed E-state index contributed by atoms with van der Waals surface area (Å²) >= 11 is 0. The molecule has 10 rings (SSSR count). The maximum Gasteiger partial charge on any atom is 0.228 e. The lowest BCUT2D eigenvalue weighted by atomic mass is 9.82. The number of nitrogens with zero attached hydrogens (tertiary/aromatic N) is 2. The molecule has 4 heteroatoms. The van der Waals surface area contributed by atoms with Crippen molar-refractivity contribution in [1.29, 1.82) is 0 Å². The van der Waals surface area contributed by atoms with E-state index in [1.807, 2.05) is 36.4 Å². The highest BCUT2D eigenvalue weighted by Crippen LogP contribution is 2.51. The van der Waals surface area contributed by atoms with Crippen LogP contribution in [-0.2, 0) is 5.41 Å². The lowest BCUT2D eigenvalue weighted by Crippen LogP contribution is -2.15. The fraction of sp³-hybridized carbons (Fsp3) is 0.0652. The molecule has 238 valence electrons. The number of anilines is 3. The molecule has 50 heavy (non-hydrogen) atoms. The summed E-state index contributed by atoms with van der Waals surface area (Å²) in [6.45, 7) is 4.65. The van der Waals surface area contributed by atoms with Gasteiger partial charge in [-0.05, 0) is 82.4 Å². The largest absolute Gasteiger partial charge is 0.456 e. The Kier molecular flexibility index (Phi) is 6.19. The van der Waals surface area contributed by atoms with Gasteiger partial charge in [0.1, 0.15) is 16.7 Å². The zero-order valence-electron chi connectivity index (χ0n) is 27.7. The second-order valence-corrected chi connectivity index (χ2v) is 13.6. The number of furan rings is 1.